The zero-order valence-corrected chi connectivity index (χ0v) is 17.5. The van der Waals surface area contributed by atoms with Crippen LogP contribution in [-0.4, -0.2) is 34.4 Å². The summed E-state index contributed by atoms with van der Waals surface area (Å²) in [5, 5.41) is 3.88. The van der Waals surface area contributed by atoms with E-state index >= 15 is 0 Å². The molecule has 28 heavy (non-hydrogen) atoms. The second-order valence-corrected chi connectivity index (χ2v) is 7.77. The number of benzene rings is 1. The number of hydrogen-bond donors (Lipinski definition) is 1. The molecule has 2 amide bonds. The Bertz CT molecular complexity index is 968. The summed E-state index contributed by atoms with van der Waals surface area (Å²) < 4.78 is 1.96. The number of carbonyl (C=O) groups excluding carboxylic acids is 2. The molecule has 146 valence electrons. The highest BCUT2D eigenvalue weighted by molar-refractivity contribution is 7.15. The van der Waals surface area contributed by atoms with Gasteiger partial charge in [-0.15, -0.1) is 11.3 Å². The Balaban J connectivity index is 1.82. The molecule has 2 heterocycles. The number of aromatic nitrogens is 1. The van der Waals surface area contributed by atoms with E-state index in [1.54, 1.807) is 40.5 Å². The van der Waals surface area contributed by atoms with Crippen molar-refractivity contribution in [2.45, 2.75) is 27.7 Å². The second kappa shape index (κ2) is 8.44. The lowest BCUT2D eigenvalue weighted by atomic mass is 10.1. The van der Waals surface area contributed by atoms with Crippen molar-refractivity contribution in [2.75, 3.05) is 18.4 Å². The van der Waals surface area contributed by atoms with Gasteiger partial charge in [-0.25, -0.2) is 0 Å². The molecule has 0 fully saturated rings. The van der Waals surface area contributed by atoms with Gasteiger partial charge < -0.3 is 14.8 Å². The van der Waals surface area contributed by atoms with Crippen LogP contribution in [-0.2, 0) is 0 Å². The highest BCUT2D eigenvalue weighted by Crippen LogP contribution is 2.31. The smallest absolute Gasteiger partial charge is 0.258 e. The average molecular weight is 396 g/mol. The summed E-state index contributed by atoms with van der Waals surface area (Å²) in [5.41, 5.74) is 2.96. The van der Waals surface area contributed by atoms with Gasteiger partial charge in [0.2, 0.25) is 0 Å². The minimum Gasteiger partial charge on any atom is -0.339 e. The van der Waals surface area contributed by atoms with Crippen molar-refractivity contribution in [3.63, 3.8) is 0 Å². The highest BCUT2D eigenvalue weighted by atomic mass is 32.1. The van der Waals surface area contributed by atoms with Crippen molar-refractivity contribution in [1.82, 2.24) is 9.47 Å². The lowest BCUT2D eigenvalue weighted by molar-refractivity contribution is 0.0773. The second-order valence-electron chi connectivity index (χ2n) is 6.56. The third kappa shape index (κ3) is 3.87. The maximum atomic E-state index is 13.0. The van der Waals surface area contributed by atoms with Crippen LogP contribution in [0.1, 0.15) is 45.0 Å². The molecule has 0 radical (unpaired) electrons. The molecule has 0 saturated heterocycles. The largest absolute Gasteiger partial charge is 0.339 e. The predicted octanol–water partition coefficient (Wildman–Crippen LogP) is 4.89. The van der Waals surface area contributed by atoms with Crippen molar-refractivity contribution in [3.8, 4) is 5.00 Å². The van der Waals surface area contributed by atoms with Gasteiger partial charge in [0.15, 0.2) is 0 Å². The van der Waals surface area contributed by atoms with Crippen LogP contribution in [0.25, 0.3) is 5.00 Å². The molecule has 3 rings (SSSR count). The molecule has 0 saturated carbocycles. The van der Waals surface area contributed by atoms with Gasteiger partial charge in [0.1, 0.15) is 5.00 Å². The average Bonchev–Trinajstić information content (AvgIpc) is 3.32. The molecule has 0 aliphatic rings. The lowest BCUT2D eigenvalue weighted by Gasteiger charge is -2.18. The Morgan fingerprint density at radius 2 is 1.64 bits per heavy atom. The van der Waals surface area contributed by atoms with Crippen molar-refractivity contribution in [2.24, 2.45) is 0 Å². The molecule has 0 atom stereocenters. The van der Waals surface area contributed by atoms with E-state index in [2.05, 4.69) is 5.32 Å². The number of carbonyl (C=O) groups is 2. The molecule has 0 unspecified atom stereocenters. The monoisotopic (exact) mass is 395 g/mol. The molecular weight excluding hydrogens is 370 g/mol. The van der Waals surface area contributed by atoms with Gasteiger partial charge in [0.05, 0.1) is 5.56 Å². The molecule has 5 nitrogen and oxygen atoms in total. The number of amides is 2. The summed E-state index contributed by atoms with van der Waals surface area (Å²) in [5.74, 6) is -0.143. The van der Waals surface area contributed by atoms with Crippen molar-refractivity contribution in [3.05, 3.63) is 70.4 Å². The Labute approximate surface area is 169 Å². The molecule has 1 N–H and O–H groups in total. The van der Waals surface area contributed by atoms with E-state index in [1.807, 2.05) is 56.8 Å². The summed E-state index contributed by atoms with van der Waals surface area (Å²) in [6.07, 6.45) is 3.88. The summed E-state index contributed by atoms with van der Waals surface area (Å²) in [6, 6.07) is 11.0. The Kier molecular flexibility index (Phi) is 5.99. The first-order valence-corrected chi connectivity index (χ1v) is 10.2. The maximum absolute atomic E-state index is 13.0. The first kappa shape index (κ1) is 19.9. The topological polar surface area (TPSA) is 54.3 Å². The van der Waals surface area contributed by atoms with E-state index in [4.69, 9.17) is 0 Å². The van der Waals surface area contributed by atoms with E-state index in [0.717, 1.165) is 15.4 Å². The fourth-order valence-electron chi connectivity index (χ4n) is 3.11. The summed E-state index contributed by atoms with van der Waals surface area (Å²) in [7, 11) is 0. The quantitative estimate of drug-likeness (QED) is 0.646. The van der Waals surface area contributed by atoms with Crippen LogP contribution in [0.3, 0.4) is 0 Å². The van der Waals surface area contributed by atoms with Gasteiger partial charge in [0, 0.05) is 41.6 Å². The lowest BCUT2D eigenvalue weighted by Crippen LogP contribution is -2.30. The van der Waals surface area contributed by atoms with Gasteiger partial charge in [-0.3, -0.25) is 9.59 Å². The Hall–Kier alpha value is -2.86. The molecule has 2 aromatic heterocycles. The Morgan fingerprint density at radius 3 is 2.21 bits per heavy atom. The van der Waals surface area contributed by atoms with E-state index in [0.29, 0.717) is 29.9 Å². The van der Waals surface area contributed by atoms with Gasteiger partial charge in [-0.1, -0.05) is 0 Å². The number of rotatable bonds is 6. The van der Waals surface area contributed by atoms with Crippen LogP contribution in [0.5, 0.6) is 0 Å². The maximum Gasteiger partial charge on any atom is 0.258 e. The predicted molar refractivity (Wildman–Crippen MR) is 115 cm³/mol. The molecule has 0 bridgehead atoms. The fourth-order valence-corrected chi connectivity index (χ4v) is 4.23. The number of anilines is 1. The molecule has 0 aliphatic heterocycles. The molecule has 1 aromatic carbocycles. The molecule has 0 aliphatic carbocycles. The first-order chi connectivity index (χ1) is 13.5. The van der Waals surface area contributed by atoms with Crippen LogP contribution < -0.4 is 5.32 Å². The van der Waals surface area contributed by atoms with Crippen molar-refractivity contribution >= 4 is 28.8 Å². The van der Waals surface area contributed by atoms with E-state index in [-0.39, 0.29) is 11.8 Å². The van der Waals surface area contributed by atoms with Gasteiger partial charge in [-0.05, 0) is 69.7 Å². The van der Waals surface area contributed by atoms with Gasteiger partial charge >= 0.3 is 0 Å². The summed E-state index contributed by atoms with van der Waals surface area (Å²) in [6.45, 7) is 9.27. The summed E-state index contributed by atoms with van der Waals surface area (Å²) in [4.78, 5) is 28.3. The van der Waals surface area contributed by atoms with Crippen LogP contribution in [0.15, 0.2) is 48.8 Å². The summed E-state index contributed by atoms with van der Waals surface area (Å²) >= 11 is 1.60. The number of thiophene rings is 1. The fraction of sp³-hybridized carbons (Fsp3) is 0.273. The van der Waals surface area contributed by atoms with Crippen LogP contribution in [0.2, 0.25) is 0 Å². The third-order valence-electron chi connectivity index (χ3n) is 4.87. The number of nitrogens with one attached hydrogen (secondary N) is 1. The molecule has 6 heteroatoms. The van der Waals surface area contributed by atoms with Gasteiger partial charge in [-0.2, -0.15) is 0 Å². The van der Waals surface area contributed by atoms with Crippen LogP contribution in [0.4, 0.5) is 5.69 Å². The van der Waals surface area contributed by atoms with Crippen molar-refractivity contribution < 1.29 is 9.59 Å². The zero-order valence-electron chi connectivity index (χ0n) is 16.7. The minimum absolute atomic E-state index is 0.00192. The van der Waals surface area contributed by atoms with Crippen LogP contribution >= 0.6 is 11.3 Å². The molecule has 3 aromatic rings. The molecular formula is C22H25N3O2S. The highest BCUT2D eigenvalue weighted by Gasteiger charge is 2.21. The Morgan fingerprint density at radius 1 is 1.04 bits per heavy atom. The number of hydrogen-bond acceptors (Lipinski definition) is 3. The molecule has 0 spiro atoms. The third-order valence-corrected chi connectivity index (χ3v) is 6.09. The zero-order chi connectivity index (χ0) is 20.3. The first-order valence-electron chi connectivity index (χ1n) is 9.40. The SMILES string of the molecule is CCN(CC)C(=O)c1ccc(NC(=O)c2c(-n3cccc3)sc(C)c2C)cc1. The normalized spacial score (nSPS) is 10.7. The van der Waals surface area contributed by atoms with E-state index < -0.39 is 0 Å². The standard InChI is InChI=1S/C22H25N3O2S/c1-5-24(6-2)21(27)17-9-11-18(12-10-17)23-20(26)19-15(3)16(4)28-22(19)25-13-7-8-14-25/h7-14H,5-6H2,1-4H3,(H,23,26). The van der Waals surface area contributed by atoms with Crippen LogP contribution in [0, 0.1) is 13.8 Å². The van der Waals surface area contributed by atoms with E-state index in [9.17, 15) is 9.59 Å². The number of nitrogens with zero attached hydrogens (tertiary/aromatic N) is 2. The van der Waals surface area contributed by atoms with Gasteiger partial charge in [0.25, 0.3) is 11.8 Å². The minimum atomic E-state index is -0.145. The number of aryl methyl sites for hydroxylation is 1. The van der Waals surface area contributed by atoms with Crippen molar-refractivity contribution in [1.29, 1.82) is 0 Å². The van der Waals surface area contributed by atoms with E-state index in [1.165, 1.54) is 0 Å².